The van der Waals surface area contributed by atoms with Gasteiger partial charge in [-0.05, 0) is 81.0 Å². The summed E-state index contributed by atoms with van der Waals surface area (Å²) >= 11 is 0. The number of nitrogens with one attached hydrogen (secondary N) is 1. The summed E-state index contributed by atoms with van der Waals surface area (Å²) < 4.78 is 39.2. The average Bonchev–Trinajstić information content (AvgIpc) is 3.28. The van der Waals surface area contributed by atoms with Crippen molar-refractivity contribution in [1.82, 2.24) is 14.8 Å². The Morgan fingerprint density at radius 2 is 1.71 bits per heavy atom. The third kappa shape index (κ3) is 6.00. The standard InChI is InChI=1S/C29H35N3O5S/c1-19-16-20(2)26(21(3)17-19)10-11-27-28(22(4)31-37-27)38(34,35)32-14-12-24(13-15-32)29(33)30-18-23-6-8-25(36-5)9-7-23/h6-11,16-17,24H,12-15,18H2,1-5H3,(H,30,33). The van der Waals surface area contributed by atoms with Crippen LogP contribution in [0.4, 0.5) is 0 Å². The quantitative estimate of drug-likeness (QED) is 0.443. The number of sulfonamides is 1. The molecular formula is C29H35N3O5S. The predicted molar refractivity (Wildman–Crippen MR) is 147 cm³/mol. The van der Waals surface area contributed by atoms with Gasteiger partial charge in [0.2, 0.25) is 15.9 Å². The number of piperidine rings is 1. The summed E-state index contributed by atoms with van der Waals surface area (Å²) in [5, 5.41) is 6.92. The number of benzene rings is 2. The summed E-state index contributed by atoms with van der Waals surface area (Å²) in [5.74, 6) is 0.665. The first kappa shape index (κ1) is 27.6. The molecule has 1 N–H and O–H groups in total. The SMILES string of the molecule is COc1ccc(CNC(=O)C2CCN(S(=O)(=O)c3c(C)noc3C=Cc3c(C)cc(C)cc3C)CC2)cc1. The van der Waals surface area contributed by atoms with E-state index >= 15 is 0 Å². The van der Waals surface area contributed by atoms with Gasteiger partial charge in [-0.15, -0.1) is 0 Å². The molecule has 3 aromatic rings. The number of hydrogen-bond acceptors (Lipinski definition) is 6. The number of ether oxygens (including phenoxy) is 1. The summed E-state index contributed by atoms with van der Waals surface area (Å²) in [7, 11) is -2.23. The fraction of sp³-hybridized carbons (Fsp3) is 0.379. The van der Waals surface area contributed by atoms with Gasteiger partial charge in [-0.25, -0.2) is 8.42 Å². The van der Waals surface area contributed by atoms with E-state index in [1.54, 1.807) is 20.1 Å². The Hall–Kier alpha value is -3.43. The van der Waals surface area contributed by atoms with Crippen LogP contribution in [0.5, 0.6) is 5.75 Å². The zero-order valence-corrected chi connectivity index (χ0v) is 23.4. The van der Waals surface area contributed by atoms with Gasteiger partial charge in [0.15, 0.2) is 10.7 Å². The molecule has 1 amide bonds. The van der Waals surface area contributed by atoms with Gasteiger partial charge in [0.05, 0.1) is 7.11 Å². The lowest BCUT2D eigenvalue weighted by Gasteiger charge is -2.30. The van der Waals surface area contributed by atoms with Crippen molar-refractivity contribution >= 4 is 28.1 Å². The van der Waals surface area contributed by atoms with Crippen molar-refractivity contribution in [2.75, 3.05) is 20.2 Å². The average molecular weight is 538 g/mol. The summed E-state index contributed by atoms with van der Waals surface area (Å²) in [6.07, 6.45) is 4.45. The molecule has 4 rings (SSSR count). The van der Waals surface area contributed by atoms with E-state index in [0.29, 0.717) is 25.1 Å². The van der Waals surface area contributed by atoms with Crippen LogP contribution in [-0.2, 0) is 21.4 Å². The maximum absolute atomic E-state index is 13.6. The second-order valence-corrected chi connectivity index (χ2v) is 11.7. The molecule has 8 nitrogen and oxygen atoms in total. The molecule has 0 aliphatic carbocycles. The normalized spacial score (nSPS) is 15.2. The Labute approximate surface area is 224 Å². The molecule has 202 valence electrons. The molecule has 0 radical (unpaired) electrons. The minimum absolute atomic E-state index is 0.0634. The molecule has 0 saturated carbocycles. The van der Waals surface area contributed by atoms with Crippen molar-refractivity contribution in [1.29, 1.82) is 0 Å². The van der Waals surface area contributed by atoms with Crippen LogP contribution in [0.15, 0.2) is 45.8 Å². The largest absolute Gasteiger partial charge is 0.497 e. The van der Waals surface area contributed by atoms with Gasteiger partial charge < -0.3 is 14.6 Å². The molecule has 2 aromatic carbocycles. The second kappa shape index (κ2) is 11.5. The smallest absolute Gasteiger partial charge is 0.248 e. The molecule has 2 heterocycles. The Bertz CT molecular complexity index is 1410. The van der Waals surface area contributed by atoms with Crippen LogP contribution < -0.4 is 10.1 Å². The Morgan fingerprint density at radius 1 is 1.08 bits per heavy atom. The van der Waals surface area contributed by atoms with E-state index in [9.17, 15) is 13.2 Å². The van der Waals surface area contributed by atoms with Crippen molar-refractivity contribution < 1.29 is 22.5 Å². The predicted octanol–water partition coefficient (Wildman–Crippen LogP) is 4.80. The number of carbonyl (C=O) groups is 1. The molecule has 1 fully saturated rings. The van der Waals surface area contributed by atoms with Crippen molar-refractivity contribution in [3.8, 4) is 5.75 Å². The van der Waals surface area contributed by atoms with Crippen molar-refractivity contribution in [2.24, 2.45) is 5.92 Å². The lowest BCUT2D eigenvalue weighted by atomic mass is 9.97. The van der Waals surface area contributed by atoms with Crippen LogP contribution >= 0.6 is 0 Å². The third-order valence-electron chi connectivity index (χ3n) is 7.02. The summed E-state index contributed by atoms with van der Waals surface area (Å²) in [6.45, 7) is 8.67. The summed E-state index contributed by atoms with van der Waals surface area (Å²) in [4.78, 5) is 12.8. The first-order chi connectivity index (χ1) is 18.1. The van der Waals surface area contributed by atoms with Crippen LogP contribution in [0.25, 0.3) is 12.2 Å². The van der Waals surface area contributed by atoms with Gasteiger partial charge in [0.1, 0.15) is 11.4 Å². The van der Waals surface area contributed by atoms with Crippen LogP contribution in [0.3, 0.4) is 0 Å². The minimum Gasteiger partial charge on any atom is -0.497 e. The van der Waals surface area contributed by atoms with Crippen LogP contribution in [0.1, 0.15) is 52.1 Å². The summed E-state index contributed by atoms with van der Waals surface area (Å²) in [5.41, 5.74) is 5.70. The Balaban J connectivity index is 1.41. The Kier molecular flexibility index (Phi) is 8.38. The molecule has 0 unspecified atom stereocenters. The van der Waals surface area contributed by atoms with Crippen LogP contribution in [-0.4, -0.2) is 44.0 Å². The topological polar surface area (TPSA) is 102 Å². The van der Waals surface area contributed by atoms with Crippen molar-refractivity contribution in [3.05, 3.63) is 75.7 Å². The number of aryl methyl sites for hydroxylation is 4. The number of methoxy groups -OCH3 is 1. The molecule has 38 heavy (non-hydrogen) atoms. The second-order valence-electron chi connectivity index (χ2n) is 9.85. The van der Waals surface area contributed by atoms with Gasteiger partial charge in [-0.1, -0.05) is 41.1 Å². The lowest BCUT2D eigenvalue weighted by Crippen LogP contribution is -2.43. The molecular weight excluding hydrogens is 502 g/mol. The molecule has 9 heteroatoms. The minimum atomic E-state index is -3.84. The third-order valence-corrected chi connectivity index (χ3v) is 9.08. The van der Waals surface area contributed by atoms with Crippen molar-refractivity contribution in [2.45, 2.75) is 52.0 Å². The fourth-order valence-electron chi connectivity index (χ4n) is 4.98. The number of amides is 1. The van der Waals surface area contributed by atoms with Crippen LogP contribution in [0.2, 0.25) is 0 Å². The monoisotopic (exact) mass is 537 g/mol. The molecule has 1 aromatic heterocycles. The molecule has 1 saturated heterocycles. The highest BCUT2D eigenvalue weighted by Crippen LogP contribution is 2.30. The summed E-state index contributed by atoms with van der Waals surface area (Å²) in [6, 6.07) is 11.7. The highest BCUT2D eigenvalue weighted by Gasteiger charge is 2.35. The highest BCUT2D eigenvalue weighted by atomic mass is 32.2. The van der Waals surface area contributed by atoms with Gasteiger partial charge in [0.25, 0.3) is 0 Å². The Morgan fingerprint density at radius 3 is 2.32 bits per heavy atom. The van der Waals surface area contributed by atoms with E-state index in [2.05, 4.69) is 22.6 Å². The van der Waals surface area contributed by atoms with Crippen molar-refractivity contribution in [3.63, 3.8) is 0 Å². The zero-order chi connectivity index (χ0) is 27.4. The molecule has 1 aliphatic heterocycles. The van der Waals surface area contributed by atoms with E-state index in [-0.39, 0.29) is 35.6 Å². The van der Waals surface area contributed by atoms with Gasteiger partial charge >= 0.3 is 0 Å². The van der Waals surface area contributed by atoms with Crippen LogP contribution in [0, 0.1) is 33.6 Å². The number of carbonyl (C=O) groups excluding carboxylic acids is 1. The highest BCUT2D eigenvalue weighted by molar-refractivity contribution is 7.89. The lowest BCUT2D eigenvalue weighted by molar-refractivity contribution is -0.126. The zero-order valence-electron chi connectivity index (χ0n) is 22.6. The number of aromatic nitrogens is 1. The van der Waals surface area contributed by atoms with E-state index < -0.39 is 10.0 Å². The maximum Gasteiger partial charge on any atom is 0.248 e. The van der Waals surface area contributed by atoms with E-state index in [1.807, 2.05) is 51.1 Å². The van der Waals surface area contributed by atoms with Gasteiger partial charge in [-0.2, -0.15) is 4.31 Å². The van der Waals surface area contributed by atoms with Gasteiger partial charge in [-0.3, -0.25) is 4.79 Å². The van der Waals surface area contributed by atoms with E-state index in [4.69, 9.17) is 9.26 Å². The first-order valence-corrected chi connectivity index (χ1v) is 14.2. The van der Waals surface area contributed by atoms with E-state index in [1.165, 1.54) is 9.87 Å². The molecule has 1 aliphatic rings. The maximum atomic E-state index is 13.6. The first-order valence-electron chi connectivity index (χ1n) is 12.7. The van der Waals surface area contributed by atoms with E-state index in [0.717, 1.165) is 28.0 Å². The molecule has 0 bridgehead atoms. The fourth-order valence-corrected chi connectivity index (χ4v) is 6.70. The number of nitrogens with zero attached hydrogens (tertiary/aromatic N) is 2. The number of hydrogen-bond donors (Lipinski definition) is 1. The molecule has 0 atom stereocenters. The van der Waals surface area contributed by atoms with Gasteiger partial charge in [0, 0.05) is 25.6 Å². The molecule has 0 spiro atoms. The number of rotatable bonds is 8.